The third-order valence-electron chi connectivity index (χ3n) is 5.62. The summed E-state index contributed by atoms with van der Waals surface area (Å²) in [5.41, 5.74) is 3.99. The second-order valence-electron chi connectivity index (χ2n) is 8.18. The standard InChI is InChI=1S/C27H28N2O3S/c1-18(2)21-12-10-19(11-13-21)16-24(30)29(17-20-8-6-5-7-9-20)27-28-25-22(31-3)14-15-23(32-4)26(25)33-27/h5-15,18H,16-17H2,1-4H3. The lowest BCUT2D eigenvalue weighted by molar-refractivity contribution is -0.118. The molecule has 6 heteroatoms. The lowest BCUT2D eigenvalue weighted by Gasteiger charge is -2.20. The molecule has 0 unspecified atom stereocenters. The Labute approximate surface area is 198 Å². The molecular weight excluding hydrogens is 432 g/mol. The number of carbonyl (C=O) groups is 1. The first-order chi connectivity index (χ1) is 16.0. The Hall–Kier alpha value is -3.38. The number of fused-ring (bicyclic) bond motifs is 1. The highest BCUT2D eigenvalue weighted by Crippen LogP contribution is 2.40. The maximum atomic E-state index is 13.6. The van der Waals surface area contributed by atoms with Crippen molar-refractivity contribution < 1.29 is 14.3 Å². The first-order valence-electron chi connectivity index (χ1n) is 10.9. The van der Waals surface area contributed by atoms with Crippen molar-refractivity contribution in [3.05, 3.63) is 83.4 Å². The van der Waals surface area contributed by atoms with Crippen LogP contribution in [0.5, 0.6) is 11.5 Å². The van der Waals surface area contributed by atoms with Crippen LogP contribution >= 0.6 is 11.3 Å². The summed E-state index contributed by atoms with van der Waals surface area (Å²) in [6.07, 6.45) is 0.301. The van der Waals surface area contributed by atoms with E-state index in [1.807, 2.05) is 54.6 Å². The van der Waals surface area contributed by atoms with Crippen LogP contribution in [0.1, 0.15) is 36.5 Å². The average Bonchev–Trinajstić information content (AvgIpc) is 3.28. The monoisotopic (exact) mass is 460 g/mol. The topological polar surface area (TPSA) is 51.7 Å². The molecule has 0 aliphatic carbocycles. The van der Waals surface area contributed by atoms with E-state index in [0.29, 0.717) is 41.0 Å². The van der Waals surface area contributed by atoms with E-state index in [1.54, 1.807) is 19.1 Å². The van der Waals surface area contributed by atoms with Crippen molar-refractivity contribution in [2.24, 2.45) is 0 Å². The molecule has 0 bridgehead atoms. The number of carbonyl (C=O) groups excluding carboxylic acids is 1. The molecule has 1 heterocycles. The number of nitrogens with zero attached hydrogens (tertiary/aromatic N) is 2. The molecule has 0 fully saturated rings. The number of methoxy groups -OCH3 is 2. The minimum absolute atomic E-state index is 0.00635. The van der Waals surface area contributed by atoms with E-state index in [1.165, 1.54) is 16.9 Å². The molecule has 0 radical (unpaired) electrons. The number of hydrogen-bond donors (Lipinski definition) is 0. The van der Waals surface area contributed by atoms with Crippen molar-refractivity contribution in [3.63, 3.8) is 0 Å². The Balaban J connectivity index is 1.71. The molecule has 0 aliphatic rings. The van der Waals surface area contributed by atoms with Gasteiger partial charge in [-0.15, -0.1) is 0 Å². The fourth-order valence-electron chi connectivity index (χ4n) is 3.71. The van der Waals surface area contributed by atoms with Crippen molar-refractivity contribution >= 4 is 32.6 Å². The lowest BCUT2D eigenvalue weighted by atomic mass is 10.0. The van der Waals surface area contributed by atoms with Crippen LogP contribution in [0.4, 0.5) is 5.13 Å². The van der Waals surface area contributed by atoms with Gasteiger partial charge in [0.2, 0.25) is 5.91 Å². The van der Waals surface area contributed by atoms with E-state index in [0.717, 1.165) is 15.8 Å². The highest BCUT2D eigenvalue weighted by molar-refractivity contribution is 7.22. The van der Waals surface area contributed by atoms with E-state index in [2.05, 4.69) is 26.0 Å². The van der Waals surface area contributed by atoms with Gasteiger partial charge in [0.05, 0.1) is 27.2 Å². The van der Waals surface area contributed by atoms with Crippen LogP contribution in [0.25, 0.3) is 10.2 Å². The summed E-state index contributed by atoms with van der Waals surface area (Å²) >= 11 is 1.44. The molecule has 0 atom stereocenters. The van der Waals surface area contributed by atoms with Gasteiger partial charge in [0, 0.05) is 0 Å². The molecule has 33 heavy (non-hydrogen) atoms. The van der Waals surface area contributed by atoms with Gasteiger partial charge in [-0.1, -0.05) is 79.8 Å². The van der Waals surface area contributed by atoms with Crippen molar-refractivity contribution in [2.75, 3.05) is 19.1 Å². The van der Waals surface area contributed by atoms with Gasteiger partial charge in [-0.3, -0.25) is 9.69 Å². The van der Waals surface area contributed by atoms with E-state index in [9.17, 15) is 4.79 Å². The zero-order valence-corrected chi connectivity index (χ0v) is 20.2. The van der Waals surface area contributed by atoms with Crippen LogP contribution in [0.15, 0.2) is 66.7 Å². The number of hydrogen-bond acceptors (Lipinski definition) is 5. The van der Waals surface area contributed by atoms with Gasteiger partial charge in [0.1, 0.15) is 21.7 Å². The molecule has 0 spiro atoms. The van der Waals surface area contributed by atoms with Crippen LogP contribution in [0.3, 0.4) is 0 Å². The first kappa shape index (κ1) is 22.8. The molecule has 3 aromatic carbocycles. The largest absolute Gasteiger partial charge is 0.495 e. The summed E-state index contributed by atoms with van der Waals surface area (Å²) in [5, 5.41) is 0.625. The molecule has 4 rings (SSSR count). The molecule has 0 aliphatic heterocycles. The summed E-state index contributed by atoms with van der Waals surface area (Å²) in [7, 11) is 3.25. The maximum absolute atomic E-state index is 13.6. The maximum Gasteiger partial charge on any atom is 0.233 e. The quantitative estimate of drug-likeness (QED) is 0.314. The van der Waals surface area contributed by atoms with Gasteiger partial charge in [0.25, 0.3) is 0 Å². The van der Waals surface area contributed by atoms with Crippen LogP contribution in [-0.4, -0.2) is 25.1 Å². The normalized spacial score (nSPS) is 11.1. The molecule has 1 amide bonds. The smallest absolute Gasteiger partial charge is 0.233 e. The summed E-state index contributed by atoms with van der Waals surface area (Å²) < 4.78 is 11.9. The number of anilines is 1. The van der Waals surface area contributed by atoms with Crippen LogP contribution in [0, 0.1) is 0 Å². The van der Waals surface area contributed by atoms with E-state index in [4.69, 9.17) is 14.5 Å². The van der Waals surface area contributed by atoms with Gasteiger partial charge < -0.3 is 9.47 Å². The summed E-state index contributed by atoms with van der Waals surface area (Å²) in [5.74, 6) is 1.82. The first-order valence-corrected chi connectivity index (χ1v) is 11.8. The molecule has 1 aromatic heterocycles. The minimum Gasteiger partial charge on any atom is -0.495 e. The Morgan fingerprint density at radius 1 is 0.909 bits per heavy atom. The van der Waals surface area contributed by atoms with E-state index >= 15 is 0 Å². The van der Waals surface area contributed by atoms with Gasteiger partial charge in [-0.2, -0.15) is 0 Å². The predicted molar refractivity (Wildman–Crippen MR) is 135 cm³/mol. The van der Waals surface area contributed by atoms with Gasteiger partial charge in [-0.25, -0.2) is 4.98 Å². The van der Waals surface area contributed by atoms with Gasteiger partial charge in [-0.05, 0) is 34.7 Å². The van der Waals surface area contributed by atoms with E-state index in [-0.39, 0.29) is 5.91 Å². The molecular formula is C27H28N2O3S. The Morgan fingerprint density at radius 3 is 2.21 bits per heavy atom. The van der Waals surface area contributed by atoms with Crippen molar-refractivity contribution in [3.8, 4) is 11.5 Å². The van der Waals surface area contributed by atoms with Crippen molar-refractivity contribution in [2.45, 2.75) is 32.7 Å². The molecule has 0 saturated heterocycles. The molecule has 5 nitrogen and oxygen atoms in total. The second-order valence-corrected chi connectivity index (χ2v) is 9.16. The fourth-order valence-corrected chi connectivity index (χ4v) is 4.80. The molecule has 170 valence electrons. The second kappa shape index (κ2) is 10.0. The third kappa shape index (κ3) is 5.01. The summed E-state index contributed by atoms with van der Waals surface area (Å²) in [6.45, 7) is 4.77. The molecule has 4 aromatic rings. The van der Waals surface area contributed by atoms with Gasteiger partial charge >= 0.3 is 0 Å². The van der Waals surface area contributed by atoms with Crippen LogP contribution < -0.4 is 14.4 Å². The number of rotatable bonds is 8. The molecule has 0 N–H and O–H groups in total. The summed E-state index contributed by atoms with van der Waals surface area (Å²) in [4.78, 5) is 20.1. The predicted octanol–water partition coefficient (Wildman–Crippen LogP) is 6.21. The Bertz CT molecular complexity index is 1190. The SMILES string of the molecule is COc1ccc(OC)c2sc(N(Cc3ccccc3)C(=O)Cc3ccc(C(C)C)cc3)nc12. The Kier molecular flexibility index (Phi) is 6.94. The number of amides is 1. The number of benzene rings is 3. The number of aromatic nitrogens is 1. The summed E-state index contributed by atoms with van der Waals surface area (Å²) in [6, 6.07) is 22.0. The third-order valence-corrected chi connectivity index (χ3v) is 6.71. The zero-order chi connectivity index (χ0) is 23.4. The highest BCUT2D eigenvalue weighted by atomic mass is 32.1. The lowest BCUT2D eigenvalue weighted by Crippen LogP contribution is -2.31. The minimum atomic E-state index is -0.00635. The van der Waals surface area contributed by atoms with Gasteiger partial charge in [0.15, 0.2) is 5.13 Å². The fraction of sp³-hybridized carbons (Fsp3) is 0.259. The Morgan fingerprint density at radius 2 is 1.58 bits per heavy atom. The van der Waals surface area contributed by atoms with Crippen molar-refractivity contribution in [1.82, 2.24) is 4.98 Å². The zero-order valence-electron chi connectivity index (χ0n) is 19.4. The highest BCUT2D eigenvalue weighted by Gasteiger charge is 2.23. The average molecular weight is 461 g/mol. The van der Waals surface area contributed by atoms with Crippen LogP contribution in [-0.2, 0) is 17.8 Å². The number of thiazole rings is 1. The number of ether oxygens (including phenoxy) is 2. The molecule has 0 saturated carbocycles. The van der Waals surface area contributed by atoms with E-state index < -0.39 is 0 Å². The van der Waals surface area contributed by atoms with Crippen molar-refractivity contribution in [1.29, 1.82) is 0 Å². The van der Waals surface area contributed by atoms with Crippen LogP contribution in [0.2, 0.25) is 0 Å².